The van der Waals surface area contributed by atoms with Gasteiger partial charge in [-0.15, -0.1) is 0 Å². The van der Waals surface area contributed by atoms with Crippen LogP contribution in [-0.4, -0.2) is 47.9 Å². The monoisotopic (exact) mass is 377 g/mol. The highest BCUT2D eigenvalue weighted by molar-refractivity contribution is 7.89. The molecule has 1 aromatic carbocycles. The Balaban J connectivity index is 1.83. The van der Waals surface area contributed by atoms with E-state index in [2.05, 4.69) is 4.72 Å². The third-order valence-electron chi connectivity index (χ3n) is 3.82. The smallest absolute Gasteiger partial charge is 0.297 e. The Hall–Kier alpha value is -1.00. The number of benzene rings is 1. The van der Waals surface area contributed by atoms with Gasteiger partial charge in [0, 0.05) is 6.04 Å². The second-order valence-electron chi connectivity index (χ2n) is 5.80. The number of nitrogens with one attached hydrogen (secondary N) is 1. The van der Waals surface area contributed by atoms with E-state index in [0.717, 1.165) is 5.56 Å². The Morgan fingerprint density at radius 2 is 1.83 bits per heavy atom. The Bertz CT molecular complexity index is 735. The Kier molecular flexibility index (Phi) is 6.38. The van der Waals surface area contributed by atoms with Gasteiger partial charge in [0.2, 0.25) is 10.0 Å². The van der Waals surface area contributed by atoms with Crippen LogP contribution in [0.3, 0.4) is 0 Å². The maximum Gasteiger partial charge on any atom is 0.297 e. The lowest BCUT2D eigenvalue weighted by molar-refractivity contribution is -0.0212. The molecule has 9 heteroatoms. The third kappa shape index (κ3) is 5.52. The van der Waals surface area contributed by atoms with E-state index in [1.165, 1.54) is 12.1 Å². The first kappa shape index (κ1) is 19.3. The normalized spacial score (nSPS) is 22.4. The van der Waals surface area contributed by atoms with Gasteiger partial charge in [-0.05, 0) is 38.8 Å². The minimum Gasteiger partial charge on any atom is -0.374 e. The second kappa shape index (κ2) is 7.92. The van der Waals surface area contributed by atoms with E-state index in [-0.39, 0.29) is 36.0 Å². The highest BCUT2D eigenvalue weighted by atomic mass is 32.2. The fourth-order valence-electron chi connectivity index (χ4n) is 2.31. The van der Waals surface area contributed by atoms with Crippen molar-refractivity contribution in [3.8, 4) is 0 Å². The van der Waals surface area contributed by atoms with E-state index < -0.39 is 20.1 Å². The molecule has 0 bridgehead atoms. The molecule has 0 amide bonds. The van der Waals surface area contributed by atoms with Crippen LogP contribution in [0.15, 0.2) is 29.2 Å². The van der Waals surface area contributed by atoms with E-state index >= 15 is 0 Å². The lowest BCUT2D eigenvalue weighted by Gasteiger charge is -2.29. The minimum absolute atomic E-state index is 0.0187. The van der Waals surface area contributed by atoms with E-state index in [1.54, 1.807) is 19.1 Å². The van der Waals surface area contributed by atoms with E-state index in [0.29, 0.717) is 12.8 Å². The topological polar surface area (TPSA) is 98.8 Å². The van der Waals surface area contributed by atoms with Crippen molar-refractivity contribution in [1.82, 2.24) is 4.72 Å². The fraction of sp³-hybridized carbons (Fsp3) is 0.600. The Morgan fingerprint density at radius 3 is 2.38 bits per heavy atom. The van der Waals surface area contributed by atoms with Crippen molar-refractivity contribution in [2.75, 3.05) is 19.0 Å². The van der Waals surface area contributed by atoms with Crippen molar-refractivity contribution in [3.05, 3.63) is 29.8 Å². The van der Waals surface area contributed by atoms with Gasteiger partial charge in [0.05, 0.1) is 30.0 Å². The molecule has 0 saturated carbocycles. The van der Waals surface area contributed by atoms with Crippen LogP contribution in [-0.2, 0) is 29.1 Å². The van der Waals surface area contributed by atoms with Crippen LogP contribution < -0.4 is 4.72 Å². The zero-order chi connectivity index (χ0) is 17.8. The van der Waals surface area contributed by atoms with Crippen molar-refractivity contribution >= 4 is 20.1 Å². The first-order chi connectivity index (χ1) is 11.2. The van der Waals surface area contributed by atoms with Crippen LogP contribution >= 0.6 is 0 Å². The van der Waals surface area contributed by atoms with Crippen molar-refractivity contribution in [2.24, 2.45) is 0 Å². The third-order valence-corrected chi connectivity index (χ3v) is 6.56. The van der Waals surface area contributed by atoms with Crippen molar-refractivity contribution < 1.29 is 25.8 Å². The van der Waals surface area contributed by atoms with Crippen LogP contribution in [0.5, 0.6) is 0 Å². The zero-order valence-corrected chi connectivity index (χ0v) is 15.4. The molecule has 136 valence electrons. The van der Waals surface area contributed by atoms with Gasteiger partial charge in [-0.2, -0.15) is 8.42 Å². The molecule has 0 unspecified atom stereocenters. The van der Waals surface area contributed by atoms with Gasteiger partial charge in [-0.3, -0.25) is 4.18 Å². The molecule has 1 aliphatic rings. The number of hydrogen-bond donors (Lipinski definition) is 1. The first-order valence-corrected chi connectivity index (χ1v) is 10.9. The summed E-state index contributed by atoms with van der Waals surface area (Å²) in [6.45, 7) is 3.57. The molecule has 0 radical (unpaired) electrons. The van der Waals surface area contributed by atoms with Gasteiger partial charge >= 0.3 is 0 Å². The van der Waals surface area contributed by atoms with Crippen molar-refractivity contribution in [3.63, 3.8) is 0 Å². The molecular weight excluding hydrogens is 354 g/mol. The average Bonchev–Trinajstić information content (AvgIpc) is 2.54. The molecule has 2 atom stereocenters. The Labute approximate surface area is 143 Å². The second-order valence-corrected chi connectivity index (χ2v) is 9.46. The zero-order valence-electron chi connectivity index (χ0n) is 13.8. The molecule has 0 spiro atoms. The summed E-state index contributed by atoms with van der Waals surface area (Å²) < 4.78 is 60.4. The van der Waals surface area contributed by atoms with Crippen LogP contribution in [0.25, 0.3) is 0 Å². The average molecular weight is 377 g/mol. The SMILES string of the molecule is CCS(=O)(=O)N[C@@H]1CC[C@@H](COS(=O)(=O)c2ccc(C)cc2)OC1. The summed E-state index contributed by atoms with van der Waals surface area (Å²) in [6, 6.07) is 6.14. The number of aryl methyl sites for hydroxylation is 1. The summed E-state index contributed by atoms with van der Waals surface area (Å²) in [5.74, 6) is 0.0187. The predicted molar refractivity (Wildman–Crippen MR) is 89.7 cm³/mol. The quantitative estimate of drug-likeness (QED) is 0.717. The first-order valence-electron chi connectivity index (χ1n) is 7.79. The number of rotatable bonds is 7. The molecule has 1 fully saturated rings. The Morgan fingerprint density at radius 1 is 1.17 bits per heavy atom. The lowest BCUT2D eigenvalue weighted by atomic mass is 10.1. The predicted octanol–water partition coefficient (Wildman–Crippen LogP) is 1.19. The van der Waals surface area contributed by atoms with Crippen LogP contribution in [0.1, 0.15) is 25.3 Å². The summed E-state index contributed by atoms with van der Waals surface area (Å²) in [5.41, 5.74) is 0.963. The number of hydrogen-bond acceptors (Lipinski definition) is 6. The number of sulfonamides is 1. The van der Waals surface area contributed by atoms with Gasteiger partial charge < -0.3 is 4.74 Å². The molecule has 2 rings (SSSR count). The molecule has 1 N–H and O–H groups in total. The molecule has 0 aliphatic carbocycles. The standard InChI is InChI=1S/C15H23NO6S2/c1-3-23(17,18)16-13-6-7-14(21-10-13)11-22-24(19,20)15-8-4-12(2)5-9-15/h4-5,8-9,13-14,16H,3,6-7,10-11H2,1-2H3/t13-,14+/m1/s1. The summed E-state index contributed by atoms with van der Waals surface area (Å²) >= 11 is 0. The fourth-order valence-corrected chi connectivity index (χ4v) is 4.10. The molecule has 1 aromatic rings. The van der Waals surface area contributed by atoms with E-state index in [9.17, 15) is 16.8 Å². The van der Waals surface area contributed by atoms with Gasteiger partial charge in [0.1, 0.15) is 0 Å². The van der Waals surface area contributed by atoms with Crippen LogP contribution in [0.4, 0.5) is 0 Å². The van der Waals surface area contributed by atoms with Gasteiger partial charge in [-0.25, -0.2) is 13.1 Å². The van der Waals surface area contributed by atoms with Gasteiger partial charge in [-0.1, -0.05) is 17.7 Å². The summed E-state index contributed by atoms with van der Waals surface area (Å²) in [4.78, 5) is 0.109. The maximum absolute atomic E-state index is 12.1. The highest BCUT2D eigenvalue weighted by Gasteiger charge is 2.26. The van der Waals surface area contributed by atoms with Crippen LogP contribution in [0.2, 0.25) is 0 Å². The van der Waals surface area contributed by atoms with Crippen molar-refractivity contribution in [2.45, 2.75) is 43.7 Å². The largest absolute Gasteiger partial charge is 0.374 e. The summed E-state index contributed by atoms with van der Waals surface area (Å²) in [6.07, 6.45) is 0.741. The molecule has 7 nitrogen and oxygen atoms in total. The molecule has 1 heterocycles. The van der Waals surface area contributed by atoms with Crippen LogP contribution in [0, 0.1) is 6.92 Å². The maximum atomic E-state index is 12.1. The molecule has 1 aliphatic heterocycles. The van der Waals surface area contributed by atoms with Gasteiger partial charge in [0.25, 0.3) is 10.1 Å². The van der Waals surface area contributed by atoms with Gasteiger partial charge in [0.15, 0.2) is 0 Å². The highest BCUT2D eigenvalue weighted by Crippen LogP contribution is 2.18. The van der Waals surface area contributed by atoms with Crippen molar-refractivity contribution in [1.29, 1.82) is 0 Å². The lowest BCUT2D eigenvalue weighted by Crippen LogP contribution is -2.44. The molecule has 1 saturated heterocycles. The van der Waals surface area contributed by atoms with E-state index in [1.807, 2.05) is 6.92 Å². The van der Waals surface area contributed by atoms with E-state index in [4.69, 9.17) is 8.92 Å². The molecule has 24 heavy (non-hydrogen) atoms. The summed E-state index contributed by atoms with van der Waals surface area (Å²) in [7, 11) is -7.08. The number of ether oxygens (including phenoxy) is 1. The summed E-state index contributed by atoms with van der Waals surface area (Å²) in [5, 5.41) is 0. The molecule has 0 aromatic heterocycles. The molecular formula is C15H23NO6S2. The minimum atomic E-state index is -3.81.